The Morgan fingerprint density at radius 1 is 0.607 bits per heavy atom. The van der Waals surface area contributed by atoms with E-state index in [9.17, 15) is 9.59 Å². The van der Waals surface area contributed by atoms with Gasteiger partial charge in [-0.3, -0.25) is 9.59 Å². The van der Waals surface area contributed by atoms with Crippen LogP contribution < -0.4 is 0 Å². The van der Waals surface area contributed by atoms with Crippen LogP contribution in [-0.4, -0.2) is 10.2 Å². The second kappa shape index (κ2) is 25.1. The van der Waals surface area contributed by atoms with Gasteiger partial charge >= 0.3 is 0 Å². The molecule has 0 spiro atoms. The number of thiol groups is 2. The highest BCUT2D eigenvalue weighted by Gasteiger charge is 2.07. The van der Waals surface area contributed by atoms with Crippen molar-refractivity contribution in [2.24, 2.45) is 5.92 Å². The first-order chi connectivity index (χ1) is 13.5. The zero-order chi connectivity index (χ0) is 21.5. The van der Waals surface area contributed by atoms with E-state index in [2.05, 4.69) is 32.2 Å². The quantitative estimate of drug-likeness (QED) is 0.158. The van der Waals surface area contributed by atoms with Crippen molar-refractivity contribution in [3.05, 3.63) is 0 Å². The number of carbonyl (C=O) groups excluding carboxylic acids is 2. The molecule has 0 N–H and O–H groups in total. The maximum Gasteiger partial charge on any atom is 0.188 e. The Labute approximate surface area is 187 Å². The molecule has 168 valence electrons. The third-order valence-electron chi connectivity index (χ3n) is 5.21. The van der Waals surface area contributed by atoms with E-state index in [0.717, 1.165) is 6.42 Å². The summed E-state index contributed by atoms with van der Waals surface area (Å²) in [5, 5.41) is -0.00374. The monoisotopic (exact) mass is 432 g/mol. The predicted molar refractivity (Wildman–Crippen MR) is 132 cm³/mol. The van der Waals surface area contributed by atoms with E-state index < -0.39 is 0 Å². The molecule has 1 atom stereocenters. The molecular weight excluding hydrogens is 384 g/mol. The minimum atomic E-state index is -0.0509. The maximum atomic E-state index is 11.0. The molecule has 0 fully saturated rings. The Bertz CT molecular complexity index is 345. The molecule has 0 aromatic carbocycles. The maximum absolute atomic E-state index is 11.0. The highest BCUT2D eigenvalue weighted by molar-refractivity contribution is 7.96. The number of unbranched alkanes of at least 4 members (excludes halogenated alkanes) is 15. The Morgan fingerprint density at radius 3 is 1.14 bits per heavy atom. The van der Waals surface area contributed by atoms with Crippen molar-refractivity contribution in [2.75, 3.05) is 0 Å². The predicted octanol–water partition coefficient (Wildman–Crippen LogP) is 8.58. The van der Waals surface area contributed by atoms with Crippen LogP contribution in [0.15, 0.2) is 0 Å². The number of rotatable bonds is 19. The molecule has 0 saturated heterocycles. The van der Waals surface area contributed by atoms with Gasteiger partial charge in [0.25, 0.3) is 0 Å². The van der Waals surface area contributed by atoms with Gasteiger partial charge in [0.2, 0.25) is 0 Å². The zero-order valence-electron chi connectivity index (χ0n) is 19.0. The molecule has 1 unspecified atom stereocenters. The van der Waals surface area contributed by atoms with Crippen LogP contribution in [0.4, 0.5) is 0 Å². The van der Waals surface area contributed by atoms with Gasteiger partial charge in [0, 0.05) is 12.3 Å². The van der Waals surface area contributed by atoms with Gasteiger partial charge in [-0.2, -0.15) is 0 Å². The van der Waals surface area contributed by atoms with Gasteiger partial charge in [-0.1, -0.05) is 124 Å². The average molecular weight is 433 g/mol. The zero-order valence-corrected chi connectivity index (χ0v) is 20.8. The first kappa shape index (κ1) is 30.2. The molecule has 0 aromatic rings. The summed E-state index contributed by atoms with van der Waals surface area (Å²) in [4.78, 5) is 20.7. The van der Waals surface area contributed by atoms with Gasteiger partial charge in [0.15, 0.2) is 10.2 Å². The number of carbonyl (C=O) groups is 2. The van der Waals surface area contributed by atoms with E-state index in [1.54, 1.807) is 6.92 Å². The van der Waals surface area contributed by atoms with Crippen molar-refractivity contribution in [2.45, 2.75) is 136 Å². The summed E-state index contributed by atoms with van der Waals surface area (Å²) in [5.41, 5.74) is 0. The minimum absolute atomic E-state index is 0.0472. The molecular formula is C24H48O2S2. The van der Waals surface area contributed by atoms with Crippen LogP contribution in [0.1, 0.15) is 136 Å². The number of hydrogen-bond acceptors (Lipinski definition) is 2. The third kappa shape index (κ3) is 28.3. The second-order valence-corrected chi connectivity index (χ2v) is 9.02. The Morgan fingerprint density at radius 2 is 0.893 bits per heavy atom. The van der Waals surface area contributed by atoms with Gasteiger partial charge in [-0.15, -0.1) is 25.3 Å². The molecule has 0 aliphatic rings. The summed E-state index contributed by atoms with van der Waals surface area (Å²) in [7, 11) is 0. The lowest BCUT2D eigenvalue weighted by molar-refractivity contribution is -0.114. The van der Waals surface area contributed by atoms with Gasteiger partial charge in [0.05, 0.1) is 0 Å². The van der Waals surface area contributed by atoms with Crippen LogP contribution >= 0.6 is 25.3 Å². The molecule has 4 heteroatoms. The number of hydrogen-bond donors (Lipinski definition) is 2. The normalized spacial score (nSPS) is 11.6. The first-order valence-electron chi connectivity index (χ1n) is 11.9. The standard InChI is InChI=1S/C21H42OS.C3H6OS/c1-3-4-5-6-7-8-9-10-11-12-13-14-15-16-17-18-19-20(2)21(22)23;1-2-3(4)5/h20H,3-19H2,1-2H3,(H,22,23);2H2,1H3,(H,4,5). The van der Waals surface area contributed by atoms with E-state index in [4.69, 9.17) is 0 Å². The van der Waals surface area contributed by atoms with Gasteiger partial charge in [-0.25, -0.2) is 0 Å². The molecule has 0 aromatic heterocycles. The average Bonchev–Trinajstić information content (AvgIpc) is 2.67. The van der Waals surface area contributed by atoms with Crippen molar-refractivity contribution in [1.82, 2.24) is 0 Å². The molecule has 0 rings (SSSR count). The lowest BCUT2D eigenvalue weighted by Gasteiger charge is -2.06. The summed E-state index contributed by atoms with van der Waals surface area (Å²) in [6.07, 6.45) is 23.9. The lowest BCUT2D eigenvalue weighted by atomic mass is 10.0. The molecule has 0 amide bonds. The Kier molecular flexibility index (Phi) is 27.1. The third-order valence-corrected chi connectivity index (χ3v) is 5.97. The summed E-state index contributed by atoms with van der Waals surface area (Å²) in [6.45, 7) is 6.04. The van der Waals surface area contributed by atoms with E-state index in [-0.39, 0.29) is 16.1 Å². The van der Waals surface area contributed by atoms with Crippen molar-refractivity contribution in [3.63, 3.8) is 0 Å². The van der Waals surface area contributed by atoms with Crippen LogP contribution in [0.3, 0.4) is 0 Å². The van der Waals surface area contributed by atoms with Crippen molar-refractivity contribution >= 4 is 35.5 Å². The van der Waals surface area contributed by atoms with Crippen molar-refractivity contribution < 1.29 is 9.59 Å². The summed E-state index contributed by atoms with van der Waals surface area (Å²) >= 11 is 7.34. The fourth-order valence-corrected chi connectivity index (χ4v) is 3.25. The largest absolute Gasteiger partial charge is 0.288 e. The fourth-order valence-electron chi connectivity index (χ4n) is 3.12. The van der Waals surface area contributed by atoms with E-state index in [0.29, 0.717) is 6.42 Å². The van der Waals surface area contributed by atoms with Crippen LogP contribution in [0.2, 0.25) is 0 Å². The molecule has 0 aliphatic carbocycles. The van der Waals surface area contributed by atoms with Gasteiger partial charge in [-0.05, 0) is 6.42 Å². The Balaban J connectivity index is 0. The van der Waals surface area contributed by atoms with E-state index >= 15 is 0 Å². The van der Waals surface area contributed by atoms with Crippen molar-refractivity contribution in [1.29, 1.82) is 0 Å². The van der Waals surface area contributed by atoms with Crippen LogP contribution in [0.25, 0.3) is 0 Å². The van der Waals surface area contributed by atoms with Crippen LogP contribution in [-0.2, 0) is 9.59 Å². The van der Waals surface area contributed by atoms with Crippen LogP contribution in [0.5, 0.6) is 0 Å². The van der Waals surface area contributed by atoms with Gasteiger partial charge in [0.1, 0.15) is 0 Å². The lowest BCUT2D eigenvalue weighted by Crippen LogP contribution is -2.03. The molecule has 0 radical (unpaired) electrons. The Hall–Kier alpha value is 0.0400. The smallest absolute Gasteiger partial charge is 0.188 e. The van der Waals surface area contributed by atoms with Gasteiger partial charge < -0.3 is 0 Å². The highest BCUT2D eigenvalue weighted by Crippen LogP contribution is 2.16. The highest BCUT2D eigenvalue weighted by atomic mass is 32.1. The SMILES string of the molecule is CCC(=O)S.CCCCCCCCCCCCCCCCCCC(C)C(=O)S. The summed E-state index contributed by atoms with van der Waals surface area (Å²) in [5.74, 6) is 0.143. The first-order valence-corrected chi connectivity index (χ1v) is 12.8. The molecule has 0 bridgehead atoms. The van der Waals surface area contributed by atoms with Crippen LogP contribution in [0, 0.1) is 5.92 Å². The van der Waals surface area contributed by atoms with Crippen molar-refractivity contribution in [3.8, 4) is 0 Å². The minimum Gasteiger partial charge on any atom is -0.288 e. The summed E-state index contributed by atoms with van der Waals surface area (Å²) in [6, 6.07) is 0. The summed E-state index contributed by atoms with van der Waals surface area (Å²) < 4.78 is 0. The van der Waals surface area contributed by atoms with E-state index in [1.807, 2.05) is 6.92 Å². The molecule has 0 saturated carbocycles. The second-order valence-electron chi connectivity index (χ2n) is 8.08. The topological polar surface area (TPSA) is 34.1 Å². The molecule has 0 heterocycles. The molecule has 0 aliphatic heterocycles. The molecule has 2 nitrogen and oxygen atoms in total. The molecule has 28 heavy (non-hydrogen) atoms. The fraction of sp³-hybridized carbons (Fsp3) is 0.917. The van der Waals surface area contributed by atoms with E-state index in [1.165, 1.54) is 103 Å².